The third kappa shape index (κ3) is 3.60. The zero-order chi connectivity index (χ0) is 13.0. The molecule has 0 aliphatic rings. The first-order valence-corrected chi connectivity index (χ1v) is 5.27. The molecule has 0 spiro atoms. The number of carbonyl (C=O) groups is 2. The summed E-state index contributed by atoms with van der Waals surface area (Å²) in [7, 11) is 0. The molecule has 0 saturated carbocycles. The van der Waals surface area contributed by atoms with Crippen LogP contribution in [0, 0.1) is 0 Å². The third-order valence-electron chi connectivity index (χ3n) is 2.31. The first kappa shape index (κ1) is 13.3. The molecule has 0 heterocycles. The van der Waals surface area contributed by atoms with E-state index in [2.05, 4.69) is 5.32 Å². The highest BCUT2D eigenvalue weighted by molar-refractivity contribution is 6.31. The highest BCUT2D eigenvalue weighted by atomic mass is 35.5. The van der Waals surface area contributed by atoms with Gasteiger partial charge in [0.15, 0.2) is 0 Å². The maximum Gasteiger partial charge on any atom is 0.331 e. The molecule has 0 bridgehead atoms. The smallest absolute Gasteiger partial charge is 0.331 e. The minimum atomic E-state index is -1.11. The fourth-order valence-electron chi connectivity index (χ4n) is 1.12. The molecular weight excluding hydrogens is 242 g/mol. The van der Waals surface area contributed by atoms with Gasteiger partial charge in [-0.05, 0) is 32.0 Å². The average Bonchev–Trinajstić information content (AvgIpc) is 2.26. The van der Waals surface area contributed by atoms with E-state index < -0.39 is 11.9 Å². The van der Waals surface area contributed by atoms with E-state index in [1.807, 2.05) is 0 Å². The number of amides is 1. The van der Waals surface area contributed by atoms with Gasteiger partial charge >= 0.3 is 5.97 Å². The van der Waals surface area contributed by atoms with Gasteiger partial charge in [0.1, 0.15) is 0 Å². The molecule has 0 saturated heterocycles. The first-order valence-electron chi connectivity index (χ1n) is 4.89. The fraction of sp³-hybridized carbons (Fsp3) is 0.167. The molecule has 17 heavy (non-hydrogen) atoms. The van der Waals surface area contributed by atoms with Gasteiger partial charge in [-0.2, -0.15) is 0 Å². The maximum absolute atomic E-state index is 11.7. The molecule has 4 nitrogen and oxygen atoms in total. The molecule has 0 radical (unpaired) electrons. The SMILES string of the molecule is C/C(C(=O)O)=C(\C)C(=O)Nc1cccc(Cl)c1. The summed E-state index contributed by atoms with van der Waals surface area (Å²) >= 11 is 5.76. The quantitative estimate of drug-likeness (QED) is 0.814. The van der Waals surface area contributed by atoms with E-state index in [0.717, 1.165) is 0 Å². The molecule has 1 aromatic carbocycles. The topological polar surface area (TPSA) is 66.4 Å². The number of carbonyl (C=O) groups excluding carboxylic acids is 1. The minimum absolute atomic E-state index is 0.0181. The molecule has 0 unspecified atom stereocenters. The second-order valence-corrected chi connectivity index (χ2v) is 3.96. The van der Waals surface area contributed by atoms with Crippen LogP contribution in [0.3, 0.4) is 0 Å². The summed E-state index contributed by atoms with van der Waals surface area (Å²) in [6.07, 6.45) is 0. The van der Waals surface area contributed by atoms with Crippen molar-refractivity contribution in [2.75, 3.05) is 5.32 Å². The predicted molar refractivity (Wildman–Crippen MR) is 66.1 cm³/mol. The Hall–Kier alpha value is -1.81. The Kier molecular flexibility index (Phi) is 4.29. The summed E-state index contributed by atoms with van der Waals surface area (Å²) in [6.45, 7) is 2.85. The summed E-state index contributed by atoms with van der Waals surface area (Å²) in [4.78, 5) is 22.4. The van der Waals surface area contributed by atoms with Crippen LogP contribution in [0.15, 0.2) is 35.4 Å². The summed E-state index contributed by atoms with van der Waals surface area (Å²) in [5, 5.41) is 11.8. The standard InChI is InChI=1S/C12H12ClNO3/c1-7(8(2)12(16)17)11(15)14-10-5-3-4-9(13)6-10/h3-6H,1-2H3,(H,14,15)(H,16,17)/b8-7-. The minimum Gasteiger partial charge on any atom is -0.478 e. The Labute approximate surface area is 104 Å². The van der Waals surface area contributed by atoms with Crippen molar-refractivity contribution in [1.82, 2.24) is 0 Å². The van der Waals surface area contributed by atoms with Crippen molar-refractivity contribution in [3.05, 3.63) is 40.4 Å². The molecule has 2 N–H and O–H groups in total. The van der Waals surface area contributed by atoms with Gasteiger partial charge in [-0.25, -0.2) is 4.79 Å². The van der Waals surface area contributed by atoms with E-state index in [0.29, 0.717) is 10.7 Å². The van der Waals surface area contributed by atoms with Crippen LogP contribution < -0.4 is 5.32 Å². The van der Waals surface area contributed by atoms with Gasteiger partial charge in [0.25, 0.3) is 5.91 Å². The van der Waals surface area contributed by atoms with Crippen molar-refractivity contribution in [2.24, 2.45) is 0 Å². The van der Waals surface area contributed by atoms with E-state index in [1.54, 1.807) is 24.3 Å². The maximum atomic E-state index is 11.7. The molecule has 0 aliphatic heterocycles. The van der Waals surface area contributed by atoms with E-state index in [-0.39, 0.29) is 11.1 Å². The molecule has 0 atom stereocenters. The van der Waals surface area contributed by atoms with Crippen molar-refractivity contribution >= 4 is 29.2 Å². The molecule has 0 aromatic heterocycles. The molecule has 90 valence electrons. The lowest BCUT2D eigenvalue weighted by atomic mass is 10.1. The van der Waals surface area contributed by atoms with Crippen molar-refractivity contribution in [3.8, 4) is 0 Å². The van der Waals surface area contributed by atoms with E-state index >= 15 is 0 Å². The molecule has 1 aromatic rings. The number of carboxylic acid groups (broad SMARTS) is 1. The van der Waals surface area contributed by atoms with Crippen LogP contribution in [0.1, 0.15) is 13.8 Å². The number of benzene rings is 1. The lowest BCUT2D eigenvalue weighted by molar-refractivity contribution is -0.133. The Morgan fingerprint density at radius 3 is 2.41 bits per heavy atom. The first-order chi connectivity index (χ1) is 7.91. The van der Waals surface area contributed by atoms with Gasteiger partial charge in [0.05, 0.1) is 0 Å². The predicted octanol–water partition coefficient (Wildman–Crippen LogP) is 2.70. The molecule has 1 rings (SSSR count). The molecular formula is C12H12ClNO3. The highest BCUT2D eigenvalue weighted by Gasteiger charge is 2.12. The number of hydrogen-bond acceptors (Lipinski definition) is 2. The lowest BCUT2D eigenvalue weighted by Crippen LogP contribution is -2.16. The van der Waals surface area contributed by atoms with Crippen molar-refractivity contribution < 1.29 is 14.7 Å². The molecule has 0 aliphatic carbocycles. The van der Waals surface area contributed by atoms with Crippen molar-refractivity contribution in [3.63, 3.8) is 0 Å². The normalized spacial score (nSPS) is 11.7. The van der Waals surface area contributed by atoms with Crippen LogP contribution in [-0.2, 0) is 9.59 Å². The van der Waals surface area contributed by atoms with Gasteiger partial charge in [-0.3, -0.25) is 4.79 Å². The molecule has 1 amide bonds. The third-order valence-corrected chi connectivity index (χ3v) is 2.54. The van der Waals surface area contributed by atoms with E-state index in [1.165, 1.54) is 13.8 Å². The Morgan fingerprint density at radius 1 is 1.24 bits per heavy atom. The number of anilines is 1. The van der Waals surface area contributed by atoms with E-state index in [4.69, 9.17) is 16.7 Å². The molecule has 5 heteroatoms. The van der Waals surface area contributed by atoms with Crippen LogP contribution >= 0.6 is 11.6 Å². The van der Waals surface area contributed by atoms with Crippen LogP contribution in [0.2, 0.25) is 5.02 Å². The summed E-state index contributed by atoms with van der Waals surface area (Å²) in [5.41, 5.74) is 0.710. The van der Waals surface area contributed by atoms with Crippen LogP contribution in [0.25, 0.3) is 0 Å². The number of nitrogens with one attached hydrogen (secondary N) is 1. The number of halogens is 1. The summed E-state index contributed by atoms with van der Waals surface area (Å²) in [6, 6.07) is 6.64. The fourth-order valence-corrected chi connectivity index (χ4v) is 1.31. The van der Waals surface area contributed by atoms with Crippen molar-refractivity contribution in [1.29, 1.82) is 0 Å². The Balaban J connectivity index is 2.87. The zero-order valence-corrected chi connectivity index (χ0v) is 10.2. The second-order valence-electron chi connectivity index (χ2n) is 3.52. The van der Waals surface area contributed by atoms with Gasteiger partial charge in [-0.1, -0.05) is 17.7 Å². The Bertz CT molecular complexity index is 494. The Morgan fingerprint density at radius 2 is 1.88 bits per heavy atom. The average molecular weight is 254 g/mol. The number of rotatable bonds is 3. The highest BCUT2D eigenvalue weighted by Crippen LogP contribution is 2.16. The lowest BCUT2D eigenvalue weighted by Gasteiger charge is -2.07. The van der Waals surface area contributed by atoms with Gasteiger partial charge < -0.3 is 10.4 Å². The summed E-state index contributed by atoms with van der Waals surface area (Å²) < 4.78 is 0. The van der Waals surface area contributed by atoms with Crippen LogP contribution in [0.5, 0.6) is 0 Å². The van der Waals surface area contributed by atoms with Gasteiger partial charge in [0, 0.05) is 21.9 Å². The second kappa shape index (κ2) is 5.50. The van der Waals surface area contributed by atoms with Crippen molar-refractivity contribution in [2.45, 2.75) is 13.8 Å². The summed E-state index contributed by atoms with van der Waals surface area (Å²) in [5.74, 6) is -1.56. The van der Waals surface area contributed by atoms with Crippen LogP contribution in [0.4, 0.5) is 5.69 Å². The number of carboxylic acids is 1. The monoisotopic (exact) mass is 253 g/mol. The number of hydrogen-bond donors (Lipinski definition) is 2. The largest absolute Gasteiger partial charge is 0.478 e. The number of aliphatic carboxylic acids is 1. The molecule has 0 fully saturated rings. The van der Waals surface area contributed by atoms with Gasteiger partial charge in [-0.15, -0.1) is 0 Å². The van der Waals surface area contributed by atoms with E-state index in [9.17, 15) is 9.59 Å². The van der Waals surface area contributed by atoms with Crippen LogP contribution in [-0.4, -0.2) is 17.0 Å². The zero-order valence-electron chi connectivity index (χ0n) is 9.45. The van der Waals surface area contributed by atoms with Gasteiger partial charge in [0.2, 0.25) is 0 Å².